The van der Waals surface area contributed by atoms with Gasteiger partial charge in [-0.05, 0) is 60.2 Å². The van der Waals surface area contributed by atoms with Gasteiger partial charge in [0.05, 0.1) is 0 Å². The summed E-state index contributed by atoms with van der Waals surface area (Å²) in [5, 5.41) is 5.35. The Morgan fingerprint density at radius 2 is 1.71 bits per heavy atom. The predicted octanol–water partition coefficient (Wildman–Crippen LogP) is 6.20. The van der Waals surface area contributed by atoms with Crippen LogP contribution in [0, 0.1) is 5.82 Å². The highest BCUT2D eigenvalue weighted by atomic mass is 19.1. The maximum absolute atomic E-state index is 15.3. The van der Waals surface area contributed by atoms with Crippen molar-refractivity contribution in [2.75, 3.05) is 18.0 Å². The summed E-state index contributed by atoms with van der Waals surface area (Å²) in [7, 11) is 0. The second kappa shape index (κ2) is 9.47. The molecule has 0 amide bonds. The average molecular weight is 466 g/mol. The summed E-state index contributed by atoms with van der Waals surface area (Å²) in [6.07, 6.45) is 9.13. The van der Waals surface area contributed by atoms with Crippen LogP contribution in [0.2, 0.25) is 0 Å². The Labute approximate surface area is 204 Å². The highest BCUT2D eigenvalue weighted by molar-refractivity contribution is 6.00. The van der Waals surface area contributed by atoms with E-state index in [-0.39, 0.29) is 5.82 Å². The van der Waals surface area contributed by atoms with Crippen molar-refractivity contribution in [3.8, 4) is 11.1 Å². The number of halogens is 1. The lowest BCUT2D eigenvalue weighted by atomic mass is 10.0. The molecule has 0 saturated carbocycles. The first kappa shape index (κ1) is 21.7. The van der Waals surface area contributed by atoms with E-state index in [4.69, 9.17) is 0 Å². The standard InChI is InChI=1S/C29H28FN5/c30-26-15-22(14-24-27(9-10-32-28(24)26)35-11-5-2-6-12-35)25-19-34-29-23(25)13-21(18-33-29)17-31-16-20-7-3-1-4-8-20/h1,3-4,7-10,13-15,18-19,31H,2,5-6,11-12,16-17H2,(H,33,34). The predicted molar refractivity (Wildman–Crippen MR) is 140 cm³/mol. The van der Waals surface area contributed by atoms with Gasteiger partial charge >= 0.3 is 0 Å². The fourth-order valence-corrected chi connectivity index (χ4v) is 5.09. The summed E-state index contributed by atoms with van der Waals surface area (Å²) in [5.74, 6) is -0.292. The topological polar surface area (TPSA) is 56.8 Å². The van der Waals surface area contributed by atoms with Gasteiger partial charge in [-0.3, -0.25) is 4.98 Å². The Hall–Kier alpha value is -3.77. The normalized spacial score (nSPS) is 14.1. The number of H-pyrrole nitrogens is 1. The summed E-state index contributed by atoms with van der Waals surface area (Å²) >= 11 is 0. The van der Waals surface area contributed by atoms with E-state index in [1.165, 1.54) is 24.8 Å². The number of nitrogens with one attached hydrogen (secondary N) is 2. The lowest BCUT2D eigenvalue weighted by Crippen LogP contribution is -2.29. The molecule has 1 aliphatic heterocycles. The third-order valence-electron chi connectivity index (χ3n) is 6.87. The lowest BCUT2D eigenvalue weighted by Gasteiger charge is -2.29. The molecule has 0 bridgehead atoms. The number of aromatic amines is 1. The fourth-order valence-electron chi connectivity index (χ4n) is 5.09. The van der Waals surface area contributed by atoms with E-state index in [1.54, 1.807) is 12.3 Å². The second-order valence-corrected chi connectivity index (χ2v) is 9.26. The Balaban J connectivity index is 1.34. The molecule has 5 nitrogen and oxygen atoms in total. The maximum Gasteiger partial charge on any atom is 0.150 e. The zero-order valence-electron chi connectivity index (χ0n) is 19.6. The maximum atomic E-state index is 15.3. The van der Waals surface area contributed by atoms with Crippen LogP contribution in [0.3, 0.4) is 0 Å². The van der Waals surface area contributed by atoms with Gasteiger partial charge in [-0.2, -0.15) is 0 Å². The quantitative estimate of drug-likeness (QED) is 0.314. The smallest absolute Gasteiger partial charge is 0.150 e. The number of hydrogen-bond acceptors (Lipinski definition) is 4. The molecule has 1 fully saturated rings. The van der Waals surface area contributed by atoms with E-state index in [2.05, 4.69) is 49.4 Å². The van der Waals surface area contributed by atoms with E-state index < -0.39 is 0 Å². The van der Waals surface area contributed by atoms with Crippen LogP contribution in [-0.2, 0) is 13.1 Å². The van der Waals surface area contributed by atoms with Crippen molar-refractivity contribution in [3.05, 3.63) is 90.1 Å². The Bertz CT molecular complexity index is 1470. The van der Waals surface area contributed by atoms with Crippen LogP contribution in [0.25, 0.3) is 33.1 Å². The summed E-state index contributed by atoms with van der Waals surface area (Å²) in [6, 6.07) is 18.2. The molecule has 0 radical (unpaired) electrons. The van der Waals surface area contributed by atoms with Crippen LogP contribution in [0.4, 0.5) is 10.1 Å². The zero-order chi connectivity index (χ0) is 23.6. The number of hydrogen-bond donors (Lipinski definition) is 2. The van der Waals surface area contributed by atoms with E-state index in [9.17, 15) is 0 Å². The molecule has 3 aromatic heterocycles. The van der Waals surface area contributed by atoms with Crippen molar-refractivity contribution in [1.29, 1.82) is 0 Å². The third-order valence-corrected chi connectivity index (χ3v) is 6.87. The van der Waals surface area contributed by atoms with Gasteiger partial charge in [0.15, 0.2) is 0 Å². The molecule has 0 spiro atoms. The van der Waals surface area contributed by atoms with Gasteiger partial charge in [-0.25, -0.2) is 9.37 Å². The van der Waals surface area contributed by atoms with Crippen LogP contribution in [0.1, 0.15) is 30.4 Å². The first-order valence-electron chi connectivity index (χ1n) is 12.3. The molecule has 6 rings (SSSR count). The summed E-state index contributed by atoms with van der Waals surface area (Å²) in [5.41, 5.74) is 6.42. The summed E-state index contributed by atoms with van der Waals surface area (Å²) in [6.45, 7) is 3.50. The second-order valence-electron chi connectivity index (χ2n) is 9.26. The third kappa shape index (κ3) is 4.37. The van der Waals surface area contributed by atoms with Gasteiger partial charge in [0.2, 0.25) is 0 Å². The van der Waals surface area contributed by atoms with Crippen molar-refractivity contribution < 1.29 is 4.39 Å². The lowest BCUT2D eigenvalue weighted by molar-refractivity contribution is 0.578. The zero-order valence-corrected chi connectivity index (χ0v) is 19.6. The number of nitrogens with zero attached hydrogens (tertiary/aromatic N) is 3. The van der Waals surface area contributed by atoms with E-state index in [0.29, 0.717) is 12.1 Å². The number of pyridine rings is 2. The molecule has 2 aromatic carbocycles. The first-order chi connectivity index (χ1) is 17.3. The van der Waals surface area contributed by atoms with Gasteiger partial charge in [0.1, 0.15) is 17.0 Å². The van der Waals surface area contributed by atoms with Crippen molar-refractivity contribution in [2.24, 2.45) is 0 Å². The molecule has 6 heteroatoms. The molecule has 0 atom stereocenters. The van der Waals surface area contributed by atoms with Crippen molar-refractivity contribution in [3.63, 3.8) is 0 Å². The Morgan fingerprint density at radius 1 is 0.886 bits per heavy atom. The van der Waals surface area contributed by atoms with Gasteiger partial charge in [0.25, 0.3) is 0 Å². The van der Waals surface area contributed by atoms with E-state index in [1.807, 2.05) is 36.7 Å². The molecular formula is C29H28FN5. The van der Waals surface area contributed by atoms with E-state index in [0.717, 1.165) is 58.4 Å². The van der Waals surface area contributed by atoms with E-state index >= 15 is 4.39 Å². The van der Waals surface area contributed by atoms with Crippen molar-refractivity contribution >= 4 is 27.6 Å². The molecule has 0 aliphatic carbocycles. The number of anilines is 1. The highest BCUT2D eigenvalue weighted by Crippen LogP contribution is 2.35. The SMILES string of the molecule is Fc1cc(-c2c[nH]c3ncc(CNCc4ccccc4)cc23)cc2c(N3CCCCC3)ccnc12. The van der Waals surface area contributed by atoms with Crippen LogP contribution in [0.15, 0.2) is 73.2 Å². The number of benzene rings is 2. The fraction of sp³-hybridized carbons (Fsp3) is 0.241. The van der Waals surface area contributed by atoms with Gasteiger partial charge in [0, 0.05) is 66.8 Å². The monoisotopic (exact) mass is 465 g/mol. The van der Waals surface area contributed by atoms with Crippen LogP contribution in [-0.4, -0.2) is 28.0 Å². The van der Waals surface area contributed by atoms with Crippen molar-refractivity contribution in [2.45, 2.75) is 32.4 Å². The van der Waals surface area contributed by atoms with Gasteiger partial charge in [-0.15, -0.1) is 0 Å². The molecular weight excluding hydrogens is 437 g/mol. The minimum absolute atomic E-state index is 0.292. The molecule has 2 N–H and O–H groups in total. The highest BCUT2D eigenvalue weighted by Gasteiger charge is 2.18. The van der Waals surface area contributed by atoms with Crippen LogP contribution >= 0.6 is 0 Å². The molecule has 0 unspecified atom stereocenters. The minimum atomic E-state index is -0.292. The Kier molecular flexibility index (Phi) is 5.88. The summed E-state index contributed by atoms with van der Waals surface area (Å²) in [4.78, 5) is 14.6. The number of rotatable bonds is 6. The summed E-state index contributed by atoms with van der Waals surface area (Å²) < 4.78 is 15.3. The molecule has 5 aromatic rings. The largest absolute Gasteiger partial charge is 0.371 e. The van der Waals surface area contributed by atoms with Crippen molar-refractivity contribution in [1.82, 2.24) is 20.3 Å². The minimum Gasteiger partial charge on any atom is -0.371 e. The number of fused-ring (bicyclic) bond motifs is 2. The molecule has 176 valence electrons. The molecule has 4 heterocycles. The number of aromatic nitrogens is 3. The molecule has 1 aliphatic rings. The van der Waals surface area contributed by atoms with Crippen LogP contribution in [0.5, 0.6) is 0 Å². The average Bonchev–Trinajstić information content (AvgIpc) is 3.33. The van der Waals surface area contributed by atoms with Crippen LogP contribution < -0.4 is 10.2 Å². The Morgan fingerprint density at radius 3 is 2.57 bits per heavy atom. The molecule has 1 saturated heterocycles. The first-order valence-corrected chi connectivity index (χ1v) is 12.3. The van der Waals surface area contributed by atoms with Gasteiger partial charge in [-0.1, -0.05) is 30.3 Å². The molecule has 35 heavy (non-hydrogen) atoms. The van der Waals surface area contributed by atoms with Gasteiger partial charge < -0.3 is 15.2 Å². The number of piperidine rings is 1.